The Morgan fingerprint density at radius 3 is 2.64 bits per heavy atom. The molecule has 1 aliphatic rings. The van der Waals surface area contributed by atoms with Crippen LogP contribution < -0.4 is 9.47 Å². The number of nitrogens with zero attached hydrogens (tertiary/aromatic N) is 6. The zero-order valence-electron chi connectivity index (χ0n) is 17.0. The molecule has 0 saturated heterocycles. The van der Waals surface area contributed by atoms with Crippen LogP contribution in [0.1, 0.15) is 0 Å². The molecular weight excluding hydrogens is 420 g/mol. The Morgan fingerprint density at radius 1 is 0.758 bits per heavy atom. The Bertz CT molecular complexity index is 1660. The smallest absolute Gasteiger partial charge is 0.231 e. The number of nitrogens with one attached hydrogen (secondary N) is 2. The van der Waals surface area contributed by atoms with Crippen molar-refractivity contribution in [1.82, 2.24) is 40.1 Å². The van der Waals surface area contributed by atoms with Gasteiger partial charge in [0.25, 0.3) is 0 Å². The molecule has 5 aromatic heterocycles. The van der Waals surface area contributed by atoms with Crippen LogP contribution in [0.5, 0.6) is 11.5 Å². The minimum atomic E-state index is 0.221. The van der Waals surface area contributed by atoms with Crippen LogP contribution in [0.2, 0.25) is 0 Å². The van der Waals surface area contributed by atoms with Gasteiger partial charge in [0.2, 0.25) is 6.79 Å². The van der Waals surface area contributed by atoms with Gasteiger partial charge in [0.05, 0.1) is 28.6 Å². The zero-order valence-corrected chi connectivity index (χ0v) is 17.0. The number of H-pyrrole nitrogens is 2. The molecule has 0 radical (unpaired) electrons. The second-order valence-corrected chi connectivity index (χ2v) is 7.46. The van der Waals surface area contributed by atoms with Crippen LogP contribution in [-0.4, -0.2) is 46.9 Å². The van der Waals surface area contributed by atoms with E-state index in [0.29, 0.717) is 34.2 Å². The van der Waals surface area contributed by atoms with Crippen LogP contribution in [0, 0.1) is 0 Å². The number of aromatic nitrogens is 8. The van der Waals surface area contributed by atoms with E-state index >= 15 is 0 Å². The minimum Gasteiger partial charge on any atom is -0.454 e. The minimum absolute atomic E-state index is 0.221. The standard InChI is InChI=1S/C23H14N8O2/c1-4-17-18(33-11-32-17)9-12(1)19-20-14(5-6-26-19)28-23(29-20)22-21-15(30-31-22)3-2-13(27-21)16-10-24-7-8-25-16/h1-10H,11H2,(H,28,29)(H,30,31). The van der Waals surface area contributed by atoms with E-state index in [9.17, 15) is 0 Å². The fourth-order valence-electron chi connectivity index (χ4n) is 3.94. The molecule has 2 N–H and O–H groups in total. The number of ether oxygens (including phenoxy) is 2. The molecular formula is C23H14N8O2. The third-order valence-corrected chi connectivity index (χ3v) is 5.50. The Balaban J connectivity index is 1.37. The highest BCUT2D eigenvalue weighted by Gasteiger charge is 2.19. The lowest BCUT2D eigenvalue weighted by molar-refractivity contribution is 0.174. The summed E-state index contributed by atoms with van der Waals surface area (Å²) in [5, 5.41) is 7.50. The summed E-state index contributed by atoms with van der Waals surface area (Å²) in [5.41, 5.74) is 6.69. The van der Waals surface area contributed by atoms with Crippen LogP contribution in [0.15, 0.2) is 61.2 Å². The number of hydrogen-bond donors (Lipinski definition) is 2. The molecule has 6 aromatic rings. The van der Waals surface area contributed by atoms with Gasteiger partial charge in [0.15, 0.2) is 23.0 Å². The summed E-state index contributed by atoms with van der Waals surface area (Å²) in [7, 11) is 0. The largest absolute Gasteiger partial charge is 0.454 e. The average Bonchev–Trinajstić information content (AvgIpc) is 3.60. The van der Waals surface area contributed by atoms with Gasteiger partial charge in [-0.15, -0.1) is 0 Å². The molecule has 1 aromatic carbocycles. The van der Waals surface area contributed by atoms with E-state index in [1.165, 1.54) is 0 Å². The van der Waals surface area contributed by atoms with Gasteiger partial charge in [-0.1, -0.05) is 0 Å². The van der Waals surface area contributed by atoms with E-state index in [1.54, 1.807) is 24.8 Å². The molecule has 0 atom stereocenters. The molecule has 1 aliphatic heterocycles. The maximum atomic E-state index is 5.52. The lowest BCUT2D eigenvalue weighted by Gasteiger charge is -2.03. The SMILES string of the molecule is c1cnc(-c2ccc3[nH]nc(-c4nc5c(-c6ccc7c(c6)OCO7)nccc5[nH]4)c3n2)cn1. The predicted molar refractivity (Wildman–Crippen MR) is 119 cm³/mol. The second kappa shape index (κ2) is 6.82. The van der Waals surface area contributed by atoms with Crippen molar-refractivity contribution < 1.29 is 9.47 Å². The normalized spacial score (nSPS) is 12.6. The molecule has 6 heterocycles. The second-order valence-electron chi connectivity index (χ2n) is 7.46. The van der Waals surface area contributed by atoms with E-state index in [-0.39, 0.29) is 6.79 Å². The van der Waals surface area contributed by atoms with Crippen molar-refractivity contribution in [2.75, 3.05) is 6.79 Å². The Hall–Kier alpha value is -4.86. The molecule has 158 valence electrons. The fraction of sp³-hybridized carbons (Fsp3) is 0.0435. The molecule has 10 heteroatoms. The predicted octanol–water partition coefficient (Wildman–Crippen LogP) is 3.75. The fourth-order valence-corrected chi connectivity index (χ4v) is 3.94. The number of pyridine rings is 2. The first kappa shape index (κ1) is 17.8. The van der Waals surface area contributed by atoms with Crippen LogP contribution in [0.25, 0.3) is 56.2 Å². The van der Waals surface area contributed by atoms with Crippen molar-refractivity contribution >= 4 is 22.1 Å². The molecule has 0 aliphatic carbocycles. The quantitative estimate of drug-likeness (QED) is 0.431. The molecule has 0 unspecified atom stereocenters. The summed E-state index contributed by atoms with van der Waals surface area (Å²) in [6, 6.07) is 11.4. The molecule has 7 rings (SSSR count). The van der Waals surface area contributed by atoms with Gasteiger partial charge in [-0.3, -0.25) is 20.1 Å². The molecule has 0 amide bonds. The highest BCUT2D eigenvalue weighted by atomic mass is 16.7. The molecule has 10 nitrogen and oxygen atoms in total. The Kier molecular flexibility index (Phi) is 3.68. The van der Waals surface area contributed by atoms with Crippen LogP contribution in [0.4, 0.5) is 0 Å². The van der Waals surface area contributed by atoms with Crippen LogP contribution in [0.3, 0.4) is 0 Å². The summed E-state index contributed by atoms with van der Waals surface area (Å²) in [6.07, 6.45) is 6.70. The number of aromatic amines is 2. The van der Waals surface area contributed by atoms with Crippen LogP contribution >= 0.6 is 0 Å². The van der Waals surface area contributed by atoms with E-state index in [1.807, 2.05) is 36.4 Å². The number of fused-ring (bicyclic) bond motifs is 3. The van der Waals surface area contributed by atoms with Crippen molar-refractivity contribution in [2.45, 2.75) is 0 Å². The third-order valence-electron chi connectivity index (χ3n) is 5.50. The van der Waals surface area contributed by atoms with Crippen molar-refractivity contribution in [2.24, 2.45) is 0 Å². The molecule has 0 saturated carbocycles. The summed E-state index contributed by atoms with van der Waals surface area (Å²) < 4.78 is 10.9. The summed E-state index contributed by atoms with van der Waals surface area (Å²) in [4.78, 5) is 26.0. The van der Waals surface area contributed by atoms with Gasteiger partial charge in [-0.2, -0.15) is 5.10 Å². The Morgan fingerprint density at radius 2 is 1.70 bits per heavy atom. The summed E-state index contributed by atoms with van der Waals surface area (Å²) in [5.74, 6) is 2.01. The molecule has 0 spiro atoms. The van der Waals surface area contributed by atoms with Gasteiger partial charge in [0.1, 0.15) is 16.7 Å². The lowest BCUT2D eigenvalue weighted by atomic mass is 10.1. The van der Waals surface area contributed by atoms with E-state index in [2.05, 4.69) is 30.1 Å². The maximum absolute atomic E-state index is 5.52. The molecule has 33 heavy (non-hydrogen) atoms. The molecule has 0 bridgehead atoms. The van der Waals surface area contributed by atoms with Gasteiger partial charge < -0.3 is 14.5 Å². The highest BCUT2D eigenvalue weighted by molar-refractivity contribution is 5.95. The lowest BCUT2D eigenvalue weighted by Crippen LogP contribution is -1.92. The van der Waals surface area contributed by atoms with Gasteiger partial charge in [-0.05, 0) is 36.4 Å². The van der Waals surface area contributed by atoms with Crippen molar-refractivity contribution in [3.63, 3.8) is 0 Å². The summed E-state index contributed by atoms with van der Waals surface area (Å²) in [6.45, 7) is 0.221. The number of hydrogen-bond acceptors (Lipinski definition) is 8. The topological polar surface area (TPSA) is 127 Å². The van der Waals surface area contributed by atoms with Crippen LogP contribution in [-0.2, 0) is 0 Å². The monoisotopic (exact) mass is 434 g/mol. The number of imidazole rings is 1. The summed E-state index contributed by atoms with van der Waals surface area (Å²) >= 11 is 0. The highest BCUT2D eigenvalue weighted by Crippen LogP contribution is 2.37. The van der Waals surface area contributed by atoms with Gasteiger partial charge in [0, 0.05) is 24.2 Å². The third kappa shape index (κ3) is 2.81. The van der Waals surface area contributed by atoms with E-state index < -0.39 is 0 Å². The van der Waals surface area contributed by atoms with Crippen molar-refractivity contribution in [3.8, 4) is 45.7 Å². The van der Waals surface area contributed by atoms with Gasteiger partial charge >= 0.3 is 0 Å². The number of rotatable bonds is 3. The van der Waals surface area contributed by atoms with E-state index in [0.717, 1.165) is 33.6 Å². The zero-order chi connectivity index (χ0) is 21.8. The molecule has 0 fully saturated rings. The first-order valence-corrected chi connectivity index (χ1v) is 10.2. The van der Waals surface area contributed by atoms with Crippen molar-refractivity contribution in [1.29, 1.82) is 0 Å². The van der Waals surface area contributed by atoms with Crippen molar-refractivity contribution in [3.05, 3.63) is 61.2 Å². The van der Waals surface area contributed by atoms with Gasteiger partial charge in [-0.25, -0.2) is 9.97 Å². The van der Waals surface area contributed by atoms with E-state index in [4.69, 9.17) is 19.4 Å². The number of benzene rings is 1. The Labute approximate surface area is 185 Å². The maximum Gasteiger partial charge on any atom is 0.231 e. The first-order valence-electron chi connectivity index (χ1n) is 10.2. The average molecular weight is 434 g/mol. The first-order chi connectivity index (χ1) is 16.3.